The summed E-state index contributed by atoms with van der Waals surface area (Å²) >= 11 is 0. The van der Waals surface area contributed by atoms with Crippen LogP contribution in [-0.2, 0) is 0 Å². The highest BCUT2D eigenvalue weighted by atomic mass is 19.1. The van der Waals surface area contributed by atoms with Crippen molar-refractivity contribution in [3.05, 3.63) is 0 Å². The van der Waals surface area contributed by atoms with Gasteiger partial charge in [0.05, 0.1) is 6.10 Å². The Balaban J connectivity index is 2.09. The molecule has 2 heterocycles. The summed E-state index contributed by atoms with van der Waals surface area (Å²) < 4.78 is 13.0. The molecule has 0 radical (unpaired) electrons. The van der Waals surface area contributed by atoms with E-state index < -0.39 is 12.3 Å². The fourth-order valence-corrected chi connectivity index (χ4v) is 1.98. The molecule has 0 aromatic carbocycles. The molecule has 2 nitrogen and oxygen atoms in total. The molecule has 2 N–H and O–H groups in total. The van der Waals surface area contributed by atoms with Crippen LogP contribution in [-0.4, -0.2) is 29.5 Å². The summed E-state index contributed by atoms with van der Waals surface area (Å²) in [4.78, 5) is 0. The van der Waals surface area contributed by atoms with E-state index in [4.69, 9.17) is 5.11 Å². The fraction of sp³-hybridized carbons (Fsp3) is 1.00. The van der Waals surface area contributed by atoms with Gasteiger partial charge in [0.25, 0.3) is 0 Å². The molecule has 2 fully saturated rings. The molecule has 0 aromatic rings. The number of hydrogen-bond donors (Lipinski definition) is 2. The largest absolute Gasteiger partial charge is 0.390 e. The number of alkyl halides is 1. The zero-order chi connectivity index (χ0) is 7.14. The first-order valence-electron chi connectivity index (χ1n) is 3.85. The van der Waals surface area contributed by atoms with Crippen LogP contribution in [0.5, 0.6) is 0 Å². The van der Waals surface area contributed by atoms with Crippen molar-refractivity contribution in [2.24, 2.45) is 0 Å². The van der Waals surface area contributed by atoms with Gasteiger partial charge in [-0.05, 0) is 19.3 Å². The van der Waals surface area contributed by atoms with Crippen LogP contribution < -0.4 is 5.32 Å². The molecule has 2 aliphatic heterocycles. The van der Waals surface area contributed by atoms with Crippen molar-refractivity contribution in [1.82, 2.24) is 5.32 Å². The molecule has 3 heteroatoms. The Bertz CT molecular complexity index is 142. The smallest absolute Gasteiger partial charge is 0.141 e. The van der Waals surface area contributed by atoms with Crippen LogP contribution in [0.1, 0.15) is 19.3 Å². The Labute approximate surface area is 59.4 Å². The van der Waals surface area contributed by atoms with Gasteiger partial charge in [-0.1, -0.05) is 0 Å². The van der Waals surface area contributed by atoms with E-state index in [0.717, 1.165) is 12.8 Å². The van der Waals surface area contributed by atoms with Gasteiger partial charge in [-0.25, -0.2) is 4.39 Å². The fourth-order valence-electron chi connectivity index (χ4n) is 1.98. The molecule has 0 amide bonds. The van der Waals surface area contributed by atoms with Gasteiger partial charge in [0.15, 0.2) is 0 Å². The quantitative estimate of drug-likeness (QED) is 0.510. The summed E-state index contributed by atoms with van der Waals surface area (Å²) in [5.41, 5.74) is 0. The standard InChI is InChI=1S/C7H12FNO/c8-7-5-2-1-4(9-5)3-6(7)10/h4-7,9-10H,1-3H2. The average molecular weight is 145 g/mol. The van der Waals surface area contributed by atoms with Crippen LogP contribution in [0.3, 0.4) is 0 Å². The molecule has 0 saturated carbocycles. The third-order valence-corrected chi connectivity index (χ3v) is 2.55. The molecule has 4 atom stereocenters. The second-order valence-corrected chi connectivity index (χ2v) is 3.29. The van der Waals surface area contributed by atoms with Crippen molar-refractivity contribution in [1.29, 1.82) is 0 Å². The Kier molecular flexibility index (Phi) is 1.42. The van der Waals surface area contributed by atoms with Gasteiger partial charge in [0.1, 0.15) is 6.17 Å². The number of piperidine rings is 1. The van der Waals surface area contributed by atoms with Crippen LogP contribution in [0, 0.1) is 0 Å². The third-order valence-electron chi connectivity index (χ3n) is 2.55. The predicted octanol–water partition coefficient (Wildman–Crippen LogP) is 0.210. The highest BCUT2D eigenvalue weighted by Gasteiger charge is 2.40. The van der Waals surface area contributed by atoms with E-state index in [1.165, 1.54) is 0 Å². The van der Waals surface area contributed by atoms with Gasteiger partial charge < -0.3 is 10.4 Å². The molecule has 10 heavy (non-hydrogen) atoms. The van der Waals surface area contributed by atoms with Crippen LogP contribution >= 0.6 is 0 Å². The van der Waals surface area contributed by atoms with E-state index in [0.29, 0.717) is 12.5 Å². The lowest BCUT2D eigenvalue weighted by atomic mass is 10.0. The molecule has 2 bridgehead atoms. The molecule has 2 aliphatic rings. The lowest BCUT2D eigenvalue weighted by molar-refractivity contribution is 0.0278. The average Bonchev–Trinajstić information content (AvgIpc) is 2.29. The second-order valence-electron chi connectivity index (χ2n) is 3.29. The van der Waals surface area contributed by atoms with Gasteiger partial charge >= 0.3 is 0 Å². The SMILES string of the molecule is OC1CC2CCC(N2)C1F. The van der Waals surface area contributed by atoms with Crippen molar-refractivity contribution in [3.63, 3.8) is 0 Å². The van der Waals surface area contributed by atoms with Gasteiger partial charge in [0, 0.05) is 12.1 Å². The molecule has 2 saturated heterocycles. The summed E-state index contributed by atoms with van der Waals surface area (Å²) in [5, 5.41) is 12.3. The highest BCUT2D eigenvalue weighted by molar-refractivity contribution is 4.98. The highest BCUT2D eigenvalue weighted by Crippen LogP contribution is 2.28. The molecule has 2 rings (SSSR count). The maximum absolute atomic E-state index is 13.0. The summed E-state index contributed by atoms with van der Waals surface area (Å²) in [6.45, 7) is 0. The van der Waals surface area contributed by atoms with E-state index >= 15 is 0 Å². The first-order chi connectivity index (χ1) is 4.77. The van der Waals surface area contributed by atoms with E-state index in [1.807, 2.05) is 0 Å². The molecule has 58 valence electrons. The molecule has 4 unspecified atom stereocenters. The first kappa shape index (κ1) is 6.55. The van der Waals surface area contributed by atoms with E-state index in [9.17, 15) is 4.39 Å². The number of aliphatic hydroxyl groups excluding tert-OH is 1. The number of nitrogens with one attached hydrogen (secondary N) is 1. The topological polar surface area (TPSA) is 32.3 Å². The second kappa shape index (κ2) is 2.17. The zero-order valence-corrected chi connectivity index (χ0v) is 5.76. The van der Waals surface area contributed by atoms with E-state index in [-0.39, 0.29) is 6.04 Å². The Morgan fingerprint density at radius 1 is 1.40 bits per heavy atom. The summed E-state index contributed by atoms with van der Waals surface area (Å²) in [6, 6.07) is 0.320. The maximum atomic E-state index is 13.0. The predicted molar refractivity (Wildman–Crippen MR) is 35.5 cm³/mol. The normalized spacial score (nSPS) is 53.4. The van der Waals surface area contributed by atoms with Crippen molar-refractivity contribution in [2.45, 2.75) is 43.6 Å². The lowest BCUT2D eigenvalue weighted by Gasteiger charge is -2.28. The monoisotopic (exact) mass is 145 g/mol. The van der Waals surface area contributed by atoms with Crippen molar-refractivity contribution >= 4 is 0 Å². The molecule has 0 aromatic heterocycles. The van der Waals surface area contributed by atoms with E-state index in [1.54, 1.807) is 0 Å². The number of fused-ring (bicyclic) bond motifs is 2. The third kappa shape index (κ3) is 0.847. The zero-order valence-electron chi connectivity index (χ0n) is 5.76. The lowest BCUT2D eigenvalue weighted by Crippen LogP contribution is -2.49. The molecular weight excluding hydrogens is 133 g/mol. The van der Waals surface area contributed by atoms with Crippen LogP contribution in [0.25, 0.3) is 0 Å². The minimum atomic E-state index is -1.03. The van der Waals surface area contributed by atoms with Crippen molar-refractivity contribution in [2.75, 3.05) is 0 Å². The van der Waals surface area contributed by atoms with Crippen LogP contribution in [0.15, 0.2) is 0 Å². The van der Waals surface area contributed by atoms with E-state index in [2.05, 4.69) is 5.32 Å². The Morgan fingerprint density at radius 2 is 2.20 bits per heavy atom. The Morgan fingerprint density at radius 3 is 3.00 bits per heavy atom. The number of hydrogen-bond acceptors (Lipinski definition) is 2. The molecule has 0 aliphatic carbocycles. The van der Waals surface area contributed by atoms with Gasteiger partial charge in [-0.3, -0.25) is 0 Å². The first-order valence-corrected chi connectivity index (χ1v) is 3.85. The molecule has 0 spiro atoms. The van der Waals surface area contributed by atoms with Crippen molar-refractivity contribution < 1.29 is 9.50 Å². The van der Waals surface area contributed by atoms with Crippen LogP contribution in [0.4, 0.5) is 4.39 Å². The maximum Gasteiger partial charge on any atom is 0.141 e. The number of rotatable bonds is 0. The van der Waals surface area contributed by atoms with Gasteiger partial charge in [-0.15, -0.1) is 0 Å². The van der Waals surface area contributed by atoms with Crippen LogP contribution in [0.2, 0.25) is 0 Å². The minimum absolute atomic E-state index is 0.0613. The molecular formula is C7H12FNO. The Hall–Kier alpha value is -0.150. The summed E-state index contributed by atoms with van der Waals surface area (Å²) in [7, 11) is 0. The van der Waals surface area contributed by atoms with Crippen molar-refractivity contribution in [3.8, 4) is 0 Å². The van der Waals surface area contributed by atoms with Gasteiger partial charge in [-0.2, -0.15) is 0 Å². The van der Waals surface area contributed by atoms with Gasteiger partial charge in [0.2, 0.25) is 0 Å². The number of halogens is 1. The minimum Gasteiger partial charge on any atom is -0.390 e. The number of aliphatic hydroxyl groups is 1. The summed E-state index contributed by atoms with van der Waals surface area (Å²) in [6.07, 6.45) is 0.778. The summed E-state index contributed by atoms with van der Waals surface area (Å²) in [5.74, 6) is 0.